The molecule has 1 amide bonds. The van der Waals surface area contributed by atoms with Gasteiger partial charge in [-0.15, -0.1) is 0 Å². The van der Waals surface area contributed by atoms with Crippen LogP contribution >= 0.6 is 0 Å². The van der Waals surface area contributed by atoms with Crippen molar-refractivity contribution in [1.29, 1.82) is 0 Å². The minimum atomic E-state index is -0.527. The zero-order valence-corrected chi connectivity index (χ0v) is 18.1. The smallest absolute Gasteiger partial charge is 0.253 e. The summed E-state index contributed by atoms with van der Waals surface area (Å²) in [5.74, 6) is 0.592. The van der Waals surface area contributed by atoms with Crippen molar-refractivity contribution in [2.24, 2.45) is 5.73 Å². The second-order valence-electron chi connectivity index (χ2n) is 8.10. The van der Waals surface area contributed by atoms with Crippen LogP contribution in [-0.4, -0.2) is 49.3 Å². The average molecular weight is 435 g/mol. The van der Waals surface area contributed by atoms with Crippen molar-refractivity contribution in [2.75, 3.05) is 38.3 Å². The molecule has 0 aliphatic carbocycles. The third kappa shape index (κ3) is 3.30. The molecule has 1 saturated heterocycles. The quantitative estimate of drug-likeness (QED) is 0.567. The Morgan fingerprint density at radius 3 is 2.72 bits per heavy atom. The number of nitrogens with two attached hydrogens (primary N) is 1. The van der Waals surface area contributed by atoms with E-state index in [-0.39, 0.29) is 5.56 Å². The molecule has 0 bridgehead atoms. The Labute approximate surface area is 184 Å². The Morgan fingerprint density at radius 2 is 2.00 bits per heavy atom. The topological polar surface area (TPSA) is 123 Å². The molecule has 3 aromatic rings. The Bertz CT molecular complexity index is 1290. The van der Waals surface area contributed by atoms with Crippen molar-refractivity contribution in [1.82, 2.24) is 15.3 Å². The average Bonchev–Trinajstić information content (AvgIpc) is 3.26. The molecular weight excluding hydrogens is 410 g/mol. The molecule has 0 saturated carbocycles. The van der Waals surface area contributed by atoms with E-state index in [1.807, 2.05) is 19.1 Å². The van der Waals surface area contributed by atoms with Gasteiger partial charge in [-0.05, 0) is 35.7 Å². The van der Waals surface area contributed by atoms with Gasteiger partial charge in [-0.2, -0.15) is 0 Å². The largest absolute Gasteiger partial charge is 0.495 e. The van der Waals surface area contributed by atoms with Crippen LogP contribution in [0, 0.1) is 6.92 Å². The summed E-state index contributed by atoms with van der Waals surface area (Å²) in [4.78, 5) is 34.6. The monoisotopic (exact) mass is 435 g/mol. The first kappa shape index (κ1) is 20.5. The predicted octanol–water partition coefficient (Wildman–Crippen LogP) is 1.45. The van der Waals surface area contributed by atoms with Crippen molar-refractivity contribution in [3.8, 4) is 16.9 Å². The molecule has 0 radical (unpaired) electrons. The van der Waals surface area contributed by atoms with E-state index in [1.54, 1.807) is 13.2 Å². The molecule has 9 heteroatoms. The molecule has 2 aliphatic rings. The fourth-order valence-corrected chi connectivity index (χ4v) is 4.65. The van der Waals surface area contributed by atoms with Crippen LogP contribution in [0.3, 0.4) is 0 Å². The van der Waals surface area contributed by atoms with E-state index in [2.05, 4.69) is 15.2 Å². The summed E-state index contributed by atoms with van der Waals surface area (Å²) in [6, 6.07) is 5.38. The number of nitrogens with zero attached hydrogens (tertiary/aromatic N) is 2. The molecule has 0 atom stereocenters. The van der Waals surface area contributed by atoms with E-state index in [4.69, 9.17) is 20.2 Å². The SMILES string of the molecule is COc1cc(-c2c3c(nc(N4CCOCC4)c2C(N)=O)CNC3)cc2c(C)cc(=O)[nH]c12. The third-order valence-corrected chi connectivity index (χ3v) is 6.15. The third-order valence-electron chi connectivity index (χ3n) is 6.15. The minimum absolute atomic E-state index is 0.192. The number of carbonyl (C=O) groups excluding carboxylic acids is 1. The van der Waals surface area contributed by atoms with Gasteiger partial charge >= 0.3 is 0 Å². The summed E-state index contributed by atoms with van der Waals surface area (Å²) < 4.78 is 11.1. The lowest BCUT2D eigenvalue weighted by molar-refractivity contribution is 0.0998. The van der Waals surface area contributed by atoms with Crippen LogP contribution in [0.15, 0.2) is 23.0 Å². The molecular formula is C23H25N5O4. The number of benzene rings is 1. The highest BCUT2D eigenvalue weighted by Gasteiger charge is 2.30. The fraction of sp³-hybridized carbons (Fsp3) is 0.348. The number of carbonyl (C=O) groups is 1. The van der Waals surface area contributed by atoms with E-state index in [0.29, 0.717) is 62.0 Å². The van der Waals surface area contributed by atoms with Crippen molar-refractivity contribution in [3.05, 3.63) is 50.9 Å². The zero-order valence-electron chi connectivity index (χ0n) is 18.1. The van der Waals surface area contributed by atoms with Gasteiger partial charge in [0.15, 0.2) is 0 Å². The number of aromatic nitrogens is 2. The summed E-state index contributed by atoms with van der Waals surface area (Å²) in [5, 5.41) is 4.19. The minimum Gasteiger partial charge on any atom is -0.495 e. The lowest BCUT2D eigenvalue weighted by Gasteiger charge is -2.30. The van der Waals surface area contributed by atoms with Crippen molar-refractivity contribution in [2.45, 2.75) is 20.0 Å². The first-order valence-electron chi connectivity index (χ1n) is 10.6. The number of hydrogen-bond acceptors (Lipinski definition) is 7. The van der Waals surface area contributed by atoms with E-state index in [9.17, 15) is 9.59 Å². The molecule has 0 spiro atoms. The first-order valence-corrected chi connectivity index (χ1v) is 10.6. The summed E-state index contributed by atoms with van der Waals surface area (Å²) in [5.41, 5.74) is 11.0. The zero-order chi connectivity index (χ0) is 22.4. The number of aryl methyl sites for hydroxylation is 1. The van der Waals surface area contributed by atoms with Gasteiger partial charge in [-0.1, -0.05) is 0 Å². The van der Waals surface area contributed by atoms with Gasteiger partial charge in [0.2, 0.25) is 5.56 Å². The normalized spacial score (nSPS) is 15.8. The molecule has 5 rings (SSSR count). The molecule has 2 aromatic heterocycles. The van der Waals surface area contributed by atoms with Gasteiger partial charge in [-0.3, -0.25) is 9.59 Å². The number of methoxy groups -OCH3 is 1. The van der Waals surface area contributed by atoms with Crippen LogP contribution in [0.2, 0.25) is 0 Å². The van der Waals surface area contributed by atoms with Gasteiger partial charge in [0.05, 0.1) is 37.1 Å². The van der Waals surface area contributed by atoms with Crippen molar-refractivity contribution >= 4 is 22.6 Å². The molecule has 32 heavy (non-hydrogen) atoms. The number of aromatic amines is 1. The molecule has 1 fully saturated rings. The Kier molecular flexibility index (Phi) is 5.07. The van der Waals surface area contributed by atoms with Gasteiger partial charge in [0.25, 0.3) is 5.91 Å². The van der Waals surface area contributed by atoms with E-state index < -0.39 is 5.91 Å². The lowest BCUT2D eigenvalue weighted by atomic mass is 9.92. The highest BCUT2D eigenvalue weighted by molar-refractivity contribution is 6.06. The number of morpholine rings is 1. The highest BCUT2D eigenvalue weighted by Crippen LogP contribution is 2.40. The van der Waals surface area contributed by atoms with E-state index in [0.717, 1.165) is 33.3 Å². The maximum absolute atomic E-state index is 12.8. The van der Waals surface area contributed by atoms with Gasteiger partial charge in [-0.25, -0.2) is 4.98 Å². The van der Waals surface area contributed by atoms with E-state index >= 15 is 0 Å². The molecule has 166 valence electrons. The van der Waals surface area contributed by atoms with Gasteiger partial charge < -0.3 is 30.4 Å². The summed E-state index contributed by atoms with van der Waals surface area (Å²) in [6.45, 7) is 5.51. The number of rotatable bonds is 4. The van der Waals surface area contributed by atoms with E-state index in [1.165, 1.54) is 0 Å². The second kappa shape index (κ2) is 7.92. The van der Waals surface area contributed by atoms with Crippen molar-refractivity contribution in [3.63, 3.8) is 0 Å². The molecule has 1 aromatic carbocycles. The standard InChI is InChI=1S/C23H25N5O4/c1-12-7-18(29)27-21-14(12)8-13(9-17(21)31-2)19-15-10-25-11-16(15)26-23(20(19)22(24)30)28-3-5-32-6-4-28/h7-9,25H,3-6,10-11H2,1-2H3,(H2,24,30)(H,27,29). The highest BCUT2D eigenvalue weighted by atomic mass is 16.5. The Morgan fingerprint density at radius 1 is 1.22 bits per heavy atom. The Balaban J connectivity index is 1.83. The molecule has 9 nitrogen and oxygen atoms in total. The fourth-order valence-electron chi connectivity index (χ4n) is 4.65. The second-order valence-corrected chi connectivity index (χ2v) is 8.10. The summed E-state index contributed by atoms with van der Waals surface area (Å²) in [6.07, 6.45) is 0. The molecule has 2 aliphatic heterocycles. The molecule has 4 N–H and O–H groups in total. The number of H-pyrrole nitrogens is 1. The maximum Gasteiger partial charge on any atom is 0.253 e. The number of primary amides is 1. The number of hydrogen-bond donors (Lipinski definition) is 3. The van der Waals surface area contributed by atoms with Crippen molar-refractivity contribution < 1.29 is 14.3 Å². The van der Waals surface area contributed by atoms with Crippen LogP contribution in [0.25, 0.3) is 22.0 Å². The number of anilines is 1. The first-order chi connectivity index (χ1) is 15.5. The number of amides is 1. The van der Waals surface area contributed by atoms with Gasteiger partial charge in [0, 0.05) is 43.2 Å². The number of fused-ring (bicyclic) bond motifs is 2. The van der Waals surface area contributed by atoms with Crippen LogP contribution < -0.4 is 26.2 Å². The lowest BCUT2D eigenvalue weighted by Crippen LogP contribution is -2.38. The van der Waals surface area contributed by atoms with Gasteiger partial charge in [0.1, 0.15) is 11.6 Å². The Hall–Kier alpha value is -3.43. The summed E-state index contributed by atoms with van der Waals surface area (Å²) >= 11 is 0. The number of nitrogens with one attached hydrogen (secondary N) is 2. The van der Waals surface area contributed by atoms with Crippen LogP contribution in [0.4, 0.5) is 5.82 Å². The maximum atomic E-state index is 12.8. The number of pyridine rings is 2. The van der Waals surface area contributed by atoms with Crippen LogP contribution in [0.1, 0.15) is 27.2 Å². The van der Waals surface area contributed by atoms with Crippen LogP contribution in [-0.2, 0) is 17.8 Å². The number of ether oxygens (including phenoxy) is 2. The molecule has 0 unspecified atom stereocenters. The summed E-state index contributed by atoms with van der Waals surface area (Å²) in [7, 11) is 1.56. The van der Waals surface area contributed by atoms with Crippen LogP contribution in [0.5, 0.6) is 5.75 Å². The predicted molar refractivity (Wildman–Crippen MR) is 121 cm³/mol. The molecule has 4 heterocycles.